The monoisotopic (exact) mass is 347 g/mol. The number of amides is 1. The largest absolute Gasteiger partial charge is 0.481 e. The number of aliphatic carboxylic acids is 1. The van der Waals surface area contributed by atoms with Crippen LogP contribution in [0.5, 0.6) is 0 Å². The molecule has 0 spiro atoms. The summed E-state index contributed by atoms with van der Waals surface area (Å²) < 4.78 is 11.2. The number of hydrogen-bond acceptors (Lipinski definition) is 4. The molecule has 3 rings (SSSR count). The van der Waals surface area contributed by atoms with Gasteiger partial charge in [0.2, 0.25) is 0 Å². The fourth-order valence-corrected chi connectivity index (χ4v) is 3.63. The minimum Gasteiger partial charge on any atom is -0.481 e. The summed E-state index contributed by atoms with van der Waals surface area (Å²) in [4.78, 5) is 25.9. The lowest BCUT2D eigenvalue weighted by Gasteiger charge is -2.22. The highest BCUT2D eigenvalue weighted by molar-refractivity contribution is 5.82. The lowest BCUT2D eigenvalue weighted by molar-refractivity contribution is -0.144. The first-order valence-corrected chi connectivity index (χ1v) is 8.86. The fourth-order valence-electron chi connectivity index (χ4n) is 3.63. The van der Waals surface area contributed by atoms with Crippen molar-refractivity contribution in [3.05, 3.63) is 35.9 Å². The van der Waals surface area contributed by atoms with E-state index in [1.165, 1.54) is 0 Å². The normalized spacial score (nSPS) is 27.4. The van der Waals surface area contributed by atoms with Gasteiger partial charge in [-0.05, 0) is 25.3 Å². The molecule has 0 aliphatic carbocycles. The third-order valence-corrected chi connectivity index (χ3v) is 5.08. The summed E-state index contributed by atoms with van der Waals surface area (Å²) in [6.45, 7) is 3.52. The Morgan fingerprint density at radius 2 is 2.08 bits per heavy atom. The van der Waals surface area contributed by atoms with Crippen molar-refractivity contribution in [2.75, 3.05) is 26.3 Å². The van der Waals surface area contributed by atoms with Crippen LogP contribution in [0.25, 0.3) is 0 Å². The number of ether oxygens (including phenoxy) is 2. The molecule has 2 unspecified atom stereocenters. The van der Waals surface area contributed by atoms with Gasteiger partial charge in [-0.1, -0.05) is 30.3 Å². The third-order valence-electron chi connectivity index (χ3n) is 5.08. The number of likely N-dealkylation sites (tertiary alicyclic amines) is 1. The molecule has 1 aromatic carbocycles. The lowest BCUT2D eigenvalue weighted by Crippen LogP contribution is -2.39. The Bertz CT molecular complexity index is 599. The average Bonchev–Trinajstić information content (AvgIpc) is 3.29. The van der Waals surface area contributed by atoms with Crippen molar-refractivity contribution in [2.45, 2.75) is 37.9 Å². The topological polar surface area (TPSA) is 76.1 Å². The van der Waals surface area contributed by atoms with Crippen LogP contribution in [0.3, 0.4) is 0 Å². The summed E-state index contributed by atoms with van der Waals surface area (Å²) in [6, 6.07) is 9.54. The van der Waals surface area contributed by atoms with Crippen molar-refractivity contribution in [3.63, 3.8) is 0 Å². The predicted octanol–water partition coefficient (Wildman–Crippen LogP) is 1.90. The average molecular weight is 347 g/mol. The van der Waals surface area contributed by atoms with Crippen LogP contribution in [-0.4, -0.2) is 60.4 Å². The maximum atomic E-state index is 12.7. The van der Waals surface area contributed by atoms with Gasteiger partial charge in [0.05, 0.1) is 18.6 Å². The summed E-state index contributed by atoms with van der Waals surface area (Å²) in [5, 5.41) is 9.54. The molecule has 25 heavy (non-hydrogen) atoms. The number of benzene rings is 1. The Morgan fingerprint density at radius 3 is 2.72 bits per heavy atom. The van der Waals surface area contributed by atoms with Crippen LogP contribution in [-0.2, 0) is 19.1 Å². The van der Waals surface area contributed by atoms with Gasteiger partial charge in [0.1, 0.15) is 6.10 Å². The van der Waals surface area contributed by atoms with Crippen molar-refractivity contribution in [2.24, 2.45) is 5.92 Å². The SMILES string of the molecule is CC(OCC1CCCO1)C(=O)N1C[C@H](C(=O)O)[C@H](c2ccccc2)C1. The molecule has 0 bridgehead atoms. The summed E-state index contributed by atoms with van der Waals surface area (Å²) in [6.07, 6.45) is 1.47. The summed E-state index contributed by atoms with van der Waals surface area (Å²) in [5.74, 6) is -1.79. The first kappa shape index (κ1) is 17.9. The number of rotatable bonds is 6. The van der Waals surface area contributed by atoms with E-state index in [1.54, 1.807) is 11.8 Å². The number of hydrogen-bond donors (Lipinski definition) is 1. The van der Waals surface area contributed by atoms with Crippen LogP contribution in [0.1, 0.15) is 31.2 Å². The minimum atomic E-state index is -0.864. The van der Waals surface area contributed by atoms with Crippen molar-refractivity contribution in [3.8, 4) is 0 Å². The maximum absolute atomic E-state index is 12.7. The summed E-state index contributed by atoms with van der Waals surface area (Å²) in [5.41, 5.74) is 0.957. The van der Waals surface area contributed by atoms with Gasteiger partial charge in [-0.3, -0.25) is 9.59 Å². The second-order valence-electron chi connectivity index (χ2n) is 6.82. The van der Waals surface area contributed by atoms with E-state index in [9.17, 15) is 14.7 Å². The predicted molar refractivity (Wildman–Crippen MR) is 91.3 cm³/mol. The molecule has 1 aromatic rings. The molecular weight excluding hydrogens is 322 g/mol. The van der Waals surface area contributed by atoms with E-state index in [-0.39, 0.29) is 24.5 Å². The molecule has 4 atom stereocenters. The first-order chi connectivity index (χ1) is 12.1. The molecule has 2 saturated heterocycles. The van der Waals surface area contributed by atoms with Gasteiger partial charge in [-0.25, -0.2) is 0 Å². The van der Waals surface area contributed by atoms with Crippen molar-refractivity contribution in [1.82, 2.24) is 4.90 Å². The number of carboxylic acid groups (broad SMARTS) is 1. The summed E-state index contributed by atoms with van der Waals surface area (Å²) >= 11 is 0. The number of nitrogens with zero attached hydrogens (tertiary/aromatic N) is 1. The molecule has 1 amide bonds. The molecule has 0 saturated carbocycles. The Kier molecular flexibility index (Phi) is 5.71. The van der Waals surface area contributed by atoms with E-state index in [4.69, 9.17) is 9.47 Å². The third kappa shape index (κ3) is 4.19. The molecule has 0 radical (unpaired) electrons. The molecule has 1 N–H and O–H groups in total. The van der Waals surface area contributed by atoms with Crippen LogP contribution < -0.4 is 0 Å². The number of carboxylic acids is 1. The second-order valence-corrected chi connectivity index (χ2v) is 6.82. The van der Waals surface area contributed by atoms with E-state index >= 15 is 0 Å². The van der Waals surface area contributed by atoms with Crippen LogP contribution in [0.15, 0.2) is 30.3 Å². The zero-order valence-corrected chi connectivity index (χ0v) is 14.5. The van der Waals surface area contributed by atoms with Crippen LogP contribution in [0.2, 0.25) is 0 Å². The van der Waals surface area contributed by atoms with Crippen LogP contribution in [0.4, 0.5) is 0 Å². The molecule has 0 aromatic heterocycles. The molecule has 136 valence electrons. The Morgan fingerprint density at radius 1 is 1.32 bits per heavy atom. The molecule has 6 heteroatoms. The van der Waals surface area contributed by atoms with Crippen LogP contribution in [0, 0.1) is 5.92 Å². The molecule has 2 aliphatic rings. The maximum Gasteiger partial charge on any atom is 0.308 e. The van der Waals surface area contributed by atoms with Gasteiger partial charge in [0.15, 0.2) is 0 Å². The van der Waals surface area contributed by atoms with Gasteiger partial charge in [-0.15, -0.1) is 0 Å². The quantitative estimate of drug-likeness (QED) is 0.850. The second kappa shape index (κ2) is 7.97. The molecule has 6 nitrogen and oxygen atoms in total. The molecular formula is C19H25NO5. The van der Waals surface area contributed by atoms with E-state index in [0.29, 0.717) is 13.2 Å². The highest BCUT2D eigenvalue weighted by Gasteiger charge is 2.41. The van der Waals surface area contributed by atoms with Gasteiger partial charge >= 0.3 is 5.97 Å². The number of carbonyl (C=O) groups excluding carboxylic acids is 1. The summed E-state index contributed by atoms with van der Waals surface area (Å²) in [7, 11) is 0. The van der Waals surface area contributed by atoms with Gasteiger partial charge in [0, 0.05) is 25.6 Å². The zero-order chi connectivity index (χ0) is 17.8. The molecule has 2 fully saturated rings. The molecule has 2 heterocycles. The van der Waals surface area contributed by atoms with Gasteiger partial charge in [-0.2, -0.15) is 0 Å². The first-order valence-electron chi connectivity index (χ1n) is 8.86. The standard InChI is InChI=1S/C19H25NO5/c1-13(25-12-15-8-5-9-24-15)18(21)20-10-16(17(11-20)19(22)23)14-6-3-2-4-7-14/h2-4,6-7,13,15-17H,5,8-12H2,1H3,(H,22,23)/t13?,15?,16-,17-/m0/s1. The Balaban J connectivity index is 1.61. The lowest BCUT2D eigenvalue weighted by atomic mass is 9.89. The van der Waals surface area contributed by atoms with E-state index in [0.717, 1.165) is 25.0 Å². The molecule has 2 aliphatic heterocycles. The van der Waals surface area contributed by atoms with Crippen LogP contribution >= 0.6 is 0 Å². The van der Waals surface area contributed by atoms with E-state index in [2.05, 4.69) is 0 Å². The minimum absolute atomic E-state index is 0.0673. The number of carbonyl (C=O) groups is 2. The van der Waals surface area contributed by atoms with E-state index in [1.807, 2.05) is 30.3 Å². The highest BCUT2D eigenvalue weighted by atomic mass is 16.5. The van der Waals surface area contributed by atoms with Crippen molar-refractivity contribution >= 4 is 11.9 Å². The van der Waals surface area contributed by atoms with Crippen molar-refractivity contribution in [1.29, 1.82) is 0 Å². The van der Waals surface area contributed by atoms with E-state index < -0.39 is 18.0 Å². The smallest absolute Gasteiger partial charge is 0.308 e. The Labute approximate surface area is 147 Å². The van der Waals surface area contributed by atoms with Gasteiger partial charge in [0.25, 0.3) is 5.91 Å². The van der Waals surface area contributed by atoms with Gasteiger partial charge < -0.3 is 19.5 Å². The fraction of sp³-hybridized carbons (Fsp3) is 0.579. The Hall–Kier alpha value is -1.92. The highest BCUT2D eigenvalue weighted by Crippen LogP contribution is 2.33. The van der Waals surface area contributed by atoms with Crippen molar-refractivity contribution < 1.29 is 24.2 Å². The zero-order valence-electron chi connectivity index (χ0n) is 14.5.